The van der Waals surface area contributed by atoms with Crippen molar-refractivity contribution in [1.82, 2.24) is 14.8 Å². The van der Waals surface area contributed by atoms with Crippen LogP contribution in [0.15, 0.2) is 30.6 Å². The minimum atomic E-state index is -0.232. The molecule has 1 unspecified atom stereocenters. The highest BCUT2D eigenvalue weighted by Gasteiger charge is 2.15. The first-order chi connectivity index (χ1) is 9.60. The van der Waals surface area contributed by atoms with Crippen molar-refractivity contribution in [3.8, 4) is 0 Å². The van der Waals surface area contributed by atoms with Crippen LogP contribution in [0.5, 0.6) is 0 Å². The molecule has 4 nitrogen and oxygen atoms in total. The summed E-state index contributed by atoms with van der Waals surface area (Å²) in [6, 6.07) is 6.61. The van der Waals surface area contributed by atoms with Crippen molar-refractivity contribution in [3.05, 3.63) is 47.8 Å². The van der Waals surface area contributed by atoms with Gasteiger partial charge in [-0.05, 0) is 30.2 Å². The van der Waals surface area contributed by atoms with E-state index in [0.717, 1.165) is 17.9 Å². The second kappa shape index (κ2) is 6.61. The molecule has 108 valence electrons. The van der Waals surface area contributed by atoms with E-state index in [0.29, 0.717) is 18.9 Å². The van der Waals surface area contributed by atoms with E-state index in [-0.39, 0.29) is 11.7 Å². The Balaban J connectivity index is 2.16. The smallest absolute Gasteiger partial charge is 0.138 e. The maximum absolute atomic E-state index is 13.3. The Morgan fingerprint density at radius 2 is 2.15 bits per heavy atom. The molecule has 1 aromatic heterocycles. The molecule has 1 heterocycles. The fraction of sp³-hybridized carbons (Fsp3) is 0.467. The fourth-order valence-corrected chi connectivity index (χ4v) is 2.26. The SMILES string of the molecule is CC(C)Cn1ncnc1CC(CN)c1cccc(F)c1. The van der Waals surface area contributed by atoms with E-state index in [2.05, 4.69) is 23.9 Å². The molecule has 1 atom stereocenters. The van der Waals surface area contributed by atoms with Crippen molar-refractivity contribution in [1.29, 1.82) is 0 Å². The number of benzene rings is 1. The quantitative estimate of drug-likeness (QED) is 0.881. The highest BCUT2D eigenvalue weighted by atomic mass is 19.1. The zero-order chi connectivity index (χ0) is 14.5. The van der Waals surface area contributed by atoms with Crippen molar-refractivity contribution < 1.29 is 4.39 Å². The van der Waals surface area contributed by atoms with E-state index >= 15 is 0 Å². The Kier molecular flexibility index (Phi) is 4.84. The van der Waals surface area contributed by atoms with Gasteiger partial charge in [0.05, 0.1) is 0 Å². The second-order valence-corrected chi connectivity index (χ2v) is 5.44. The van der Waals surface area contributed by atoms with Crippen LogP contribution in [0, 0.1) is 11.7 Å². The minimum absolute atomic E-state index is 0.0563. The molecule has 0 saturated heterocycles. The molecule has 0 amide bonds. The average Bonchev–Trinajstić information content (AvgIpc) is 2.82. The van der Waals surface area contributed by atoms with Gasteiger partial charge in [0.2, 0.25) is 0 Å². The molecule has 0 aliphatic carbocycles. The third kappa shape index (κ3) is 3.63. The average molecular weight is 276 g/mol. The first-order valence-corrected chi connectivity index (χ1v) is 6.92. The lowest BCUT2D eigenvalue weighted by Gasteiger charge is -2.16. The van der Waals surface area contributed by atoms with Crippen molar-refractivity contribution in [3.63, 3.8) is 0 Å². The normalized spacial score (nSPS) is 12.8. The van der Waals surface area contributed by atoms with E-state index in [1.54, 1.807) is 18.5 Å². The summed E-state index contributed by atoms with van der Waals surface area (Å²) in [7, 11) is 0. The zero-order valence-electron chi connectivity index (χ0n) is 12.0. The van der Waals surface area contributed by atoms with Crippen LogP contribution >= 0.6 is 0 Å². The highest BCUT2D eigenvalue weighted by molar-refractivity contribution is 5.22. The zero-order valence-corrected chi connectivity index (χ0v) is 12.0. The summed E-state index contributed by atoms with van der Waals surface area (Å²) in [6.45, 7) is 5.56. The lowest BCUT2D eigenvalue weighted by Crippen LogP contribution is -2.19. The summed E-state index contributed by atoms with van der Waals surface area (Å²) >= 11 is 0. The Morgan fingerprint density at radius 1 is 1.35 bits per heavy atom. The second-order valence-electron chi connectivity index (χ2n) is 5.44. The predicted octanol–water partition coefficient (Wildman–Crippen LogP) is 2.36. The maximum Gasteiger partial charge on any atom is 0.138 e. The van der Waals surface area contributed by atoms with Gasteiger partial charge < -0.3 is 5.73 Å². The van der Waals surface area contributed by atoms with Gasteiger partial charge in [0.25, 0.3) is 0 Å². The van der Waals surface area contributed by atoms with Crippen LogP contribution in [0.1, 0.15) is 31.2 Å². The predicted molar refractivity (Wildman–Crippen MR) is 76.8 cm³/mol. The summed E-state index contributed by atoms with van der Waals surface area (Å²) in [6.07, 6.45) is 2.24. The van der Waals surface area contributed by atoms with Crippen molar-refractivity contribution in [2.45, 2.75) is 32.7 Å². The van der Waals surface area contributed by atoms with Crippen LogP contribution in [0.2, 0.25) is 0 Å². The first kappa shape index (κ1) is 14.7. The number of aromatic nitrogens is 3. The van der Waals surface area contributed by atoms with Crippen LogP contribution in [0.4, 0.5) is 4.39 Å². The van der Waals surface area contributed by atoms with Crippen LogP contribution < -0.4 is 5.73 Å². The monoisotopic (exact) mass is 276 g/mol. The minimum Gasteiger partial charge on any atom is -0.330 e. The lowest BCUT2D eigenvalue weighted by atomic mass is 9.95. The van der Waals surface area contributed by atoms with Gasteiger partial charge in [0.15, 0.2) is 0 Å². The summed E-state index contributed by atoms with van der Waals surface area (Å²) in [5.74, 6) is 1.23. The molecule has 0 spiro atoms. The van der Waals surface area contributed by atoms with Crippen LogP contribution in [0.25, 0.3) is 0 Å². The molecule has 20 heavy (non-hydrogen) atoms. The molecule has 0 fully saturated rings. The molecule has 0 bridgehead atoms. The first-order valence-electron chi connectivity index (χ1n) is 6.92. The molecule has 0 saturated carbocycles. The third-order valence-electron chi connectivity index (χ3n) is 3.27. The van der Waals surface area contributed by atoms with E-state index in [1.165, 1.54) is 6.07 Å². The summed E-state index contributed by atoms with van der Waals surface area (Å²) in [5.41, 5.74) is 6.75. The Bertz CT molecular complexity index is 550. The van der Waals surface area contributed by atoms with Crippen LogP contribution in [-0.4, -0.2) is 21.3 Å². The van der Waals surface area contributed by atoms with Crippen molar-refractivity contribution >= 4 is 0 Å². The Hall–Kier alpha value is -1.75. The molecular weight excluding hydrogens is 255 g/mol. The van der Waals surface area contributed by atoms with E-state index in [9.17, 15) is 4.39 Å². The van der Waals surface area contributed by atoms with Gasteiger partial charge in [-0.15, -0.1) is 0 Å². The van der Waals surface area contributed by atoms with Gasteiger partial charge in [0.1, 0.15) is 18.0 Å². The number of hydrogen-bond acceptors (Lipinski definition) is 3. The standard InChI is InChI=1S/C15H21FN4/c1-11(2)9-20-15(18-10-19-20)7-13(8-17)12-4-3-5-14(16)6-12/h3-6,10-11,13H,7-9,17H2,1-2H3. The molecule has 2 aromatic rings. The number of rotatable bonds is 6. The molecule has 1 aromatic carbocycles. The number of nitrogens with two attached hydrogens (primary N) is 1. The number of nitrogens with zero attached hydrogens (tertiary/aromatic N) is 3. The number of hydrogen-bond donors (Lipinski definition) is 1. The summed E-state index contributed by atoms with van der Waals surface area (Å²) in [4.78, 5) is 4.31. The fourth-order valence-electron chi connectivity index (χ4n) is 2.26. The van der Waals surface area contributed by atoms with Crippen molar-refractivity contribution in [2.75, 3.05) is 6.54 Å². The van der Waals surface area contributed by atoms with Gasteiger partial charge in [-0.1, -0.05) is 26.0 Å². The molecule has 2 rings (SSSR count). The molecular formula is C15H21FN4. The van der Waals surface area contributed by atoms with E-state index in [4.69, 9.17) is 5.73 Å². The van der Waals surface area contributed by atoms with Crippen LogP contribution in [0.3, 0.4) is 0 Å². The summed E-state index contributed by atoms with van der Waals surface area (Å²) < 4.78 is 15.2. The van der Waals surface area contributed by atoms with Gasteiger partial charge in [-0.2, -0.15) is 5.10 Å². The van der Waals surface area contributed by atoms with Gasteiger partial charge in [-0.3, -0.25) is 0 Å². The van der Waals surface area contributed by atoms with Gasteiger partial charge in [-0.25, -0.2) is 14.1 Å². The molecule has 5 heteroatoms. The van der Waals surface area contributed by atoms with E-state index in [1.807, 2.05) is 10.7 Å². The lowest BCUT2D eigenvalue weighted by molar-refractivity contribution is 0.459. The van der Waals surface area contributed by atoms with E-state index < -0.39 is 0 Å². The molecule has 0 aliphatic heterocycles. The maximum atomic E-state index is 13.3. The Labute approximate surface area is 118 Å². The third-order valence-corrected chi connectivity index (χ3v) is 3.27. The molecule has 0 radical (unpaired) electrons. The molecule has 0 aliphatic rings. The van der Waals surface area contributed by atoms with Gasteiger partial charge in [0, 0.05) is 18.9 Å². The van der Waals surface area contributed by atoms with Crippen LogP contribution in [-0.2, 0) is 13.0 Å². The van der Waals surface area contributed by atoms with Gasteiger partial charge >= 0.3 is 0 Å². The number of halogens is 1. The largest absolute Gasteiger partial charge is 0.330 e. The summed E-state index contributed by atoms with van der Waals surface area (Å²) in [5, 5.41) is 4.25. The molecule has 2 N–H and O–H groups in total. The highest BCUT2D eigenvalue weighted by Crippen LogP contribution is 2.20. The van der Waals surface area contributed by atoms with Crippen molar-refractivity contribution in [2.24, 2.45) is 11.7 Å². The topological polar surface area (TPSA) is 56.7 Å². The Morgan fingerprint density at radius 3 is 2.80 bits per heavy atom.